The lowest BCUT2D eigenvalue weighted by atomic mass is 10.1. The lowest BCUT2D eigenvalue weighted by Crippen LogP contribution is -2.31. The van der Waals surface area contributed by atoms with Crippen molar-refractivity contribution >= 4 is 5.91 Å². The number of aromatic nitrogens is 1. The number of carbonyl (C=O) groups excluding carboxylic acids is 1. The zero-order valence-corrected chi connectivity index (χ0v) is 12.6. The third-order valence-corrected chi connectivity index (χ3v) is 4.09. The van der Waals surface area contributed by atoms with Crippen LogP contribution in [0, 0.1) is 5.82 Å². The Labute approximate surface area is 128 Å². The summed E-state index contributed by atoms with van der Waals surface area (Å²) >= 11 is 0. The highest BCUT2D eigenvalue weighted by Crippen LogP contribution is 2.32. The molecule has 2 aromatic rings. The van der Waals surface area contributed by atoms with Gasteiger partial charge in [0.25, 0.3) is 0 Å². The van der Waals surface area contributed by atoms with Crippen molar-refractivity contribution < 1.29 is 13.7 Å². The molecular weight excluding hydrogens is 283 g/mol. The summed E-state index contributed by atoms with van der Waals surface area (Å²) < 4.78 is 18.6. The molecule has 116 valence electrons. The number of nitrogens with zero attached hydrogens (tertiary/aromatic N) is 2. The zero-order chi connectivity index (χ0) is 15.5. The van der Waals surface area contributed by atoms with Gasteiger partial charge >= 0.3 is 0 Å². The minimum absolute atomic E-state index is 0.00236. The van der Waals surface area contributed by atoms with E-state index >= 15 is 0 Å². The average Bonchev–Trinajstić information content (AvgIpc) is 3.16. The van der Waals surface area contributed by atoms with Crippen LogP contribution in [0.3, 0.4) is 0 Å². The molecule has 1 atom stereocenters. The number of likely N-dealkylation sites (tertiary alicyclic amines) is 1. The number of hydrogen-bond donors (Lipinski definition) is 0. The molecule has 0 spiro atoms. The maximum absolute atomic E-state index is 13.2. The summed E-state index contributed by atoms with van der Waals surface area (Å²) in [6, 6.07) is 8.08. The highest BCUT2D eigenvalue weighted by Gasteiger charge is 2.32. The molecule has 0 radical (unpaired) electrons. The van der Waals surface area contributed by atoms with Crippen molar-refractivity contribution in [2.24, 2.45) is 0 Å². The smallest absolute Gasteiger partial charge is 0.227 e. The summed E-state index contributed by atoms with van der Waals surface area (Å²) in [5, 5.41) is 4.01. The molecule has 1 fully saturated rings. The predicted molar refractivity (Wildman–Crippen MR) is 79.7 cm³/mol. The minimum atomic E-state index is -0.314. The van der Waals surface area contributed by atoms with Gasteiger partial charge in [0.1, 0.15) is 5.82 Å². The van der Waals surface area contributed by atoms with Crippen LogP contribution in [-0.2, 0) is 17.6 Å². The van der Waals surface area contributed by atoms with Gasteiger partial charge in [0.15, 0.2) is 5.76 Å². The van der Waals surface area contributed by atoms with Gasteiger partial charge in [0.2, 0.25) is 5.91 Å². The fourth-order valence-corrected chi connectivity index (χ4v) is 2.94. The number of carbonyl (C=O) groups is 1. The fourth-order valence-electron chi connectivity index (χ4n) is 2.94. The molecule has 0 unspecified atom stereocenters. The maximum atomic E-state index is 13.2. The van der Waals surface area contributed by atoms with Crippen LogP contribution < -0.4 is 0 Å². The molecule has 0 bridgehead atoms. The van der Waals surface area contributed by atoms with Crippen molar-refractivity contribution in [3.05, 3.63) is 53.2 Å². The summed E-state index contributed by atoms with van der Waals surface area (Å²) in [6.07, 6.45) is 2.85. The predicted octanol–water partition coefficient (Wildman–Crippen LogP) is 3.28. The fraction of sp³-hybridized carbons (Fsp3) is 0.412. The number of amides is 1. The van der Waals surface area contributed by atoms with Crippen molar-refractivity contribution in [1.82, 2.24) is 10.1 Å². The van der Waals surface area contributed by atoms with Crippen LogP contribution in [0.1, 0.15) is 42.8 Å². The van der Waals surface area contributed by atoms with Crippen LogP contribution in [0.25, 0.3) is 0 Å². The summed E-state index contributed by atoms with van der Waals surface area (Å²) in [5.41, 5.74) is 1.60. The molecule has 0 aliphatic carbocycles. The van der Waals surface area contributed by atoms with E-state index < -0.39 is 0 Å². The van der Waals surface area contributed by atoms with Crippen LogP contribution in [0.5, 0.6) is 0 Å². The molecule has 3 rings (SSSR count). The first-order valence-electron chi connectivity index (χ1n) is 7.66. The van der Waals surface area contributed by atoms with E-state index in [1.54, 1.807) is 12.1 Å². The normalized spacial score (nSPS) is 17.9. The first-order chi connectivity index (χ1) is 10.7. The number of rotatable bonds is 4. The van der Waals surface area contributed by atoms with E-state index in [1.165, 1.54) is 12.1 Å². The third-order valence-electron chi connectivity index (χ3n) is 4.09. The van der Waals surface area contributed by atoms with Crippen molar-refractivity contribution in [3.8, 4) is 0 Å². The Bertz CT molecular complexity index is 668. The van der Waals surface area contributed by atoms with E-state index in [0.717, 1.165) is 30.7 Å². The minimum Gasteiger partial charge on any atom is -0.359 e. The number of halogens is 1. The van der Waals surface area contributed by atoms with Crippen LogP contribution in [0.15, 0.2) is 34.9 Å². The third kappa shape index (κ3) is 3.03. The molecule has 1 aliphatic rings. The second-order valence-electron chi connectivity index (χ2n) is 5.63. The summed E-state index contributed by atoms with van der Waals surface area (Å²) in [5.74, 6) is 0.440. The largest absolute Gasteiger partial charge is 0.359 e. The van der Waals surface area contributed by atoms with Gasteiger partial charge in [-0.15, -0.1) is 0 Å². The van der Waals surface area contributed by atoms with Crippen molar-refractivity contribution in [1.29, 1.82) is 0 Å². The highest BCUT2D eigenvalue weighted by molar-refractivity contribution is 5.79. The van der Waals surface area contributed by atoms with Crippen LogP contribution in [0.2, 0.25) is 0 Å². The van der Waals surface area contributed by atoms with Crippen molar-refractivity contribution in [2.75, 3.05) is 6.54 Å². The quantitative estimate of drug-likeness (QED) is 0.870. The van der Waals surface area contributed by atoms with Gasteiger partial charge in [-0.25, -0.2) is 4.39 Å². The van der Waals surface area contributed by atoms with E-state index in [9.17, 15) is 9.18 Å². The Hall–Kier alpha value is -2.17. The van der Waals surface area contributed by atoms with Crippen LogP contribution in [-0.4, -0.2) is 22.5 Å². The lowest BCUT2D eigenvalue weighted by Gasteiger charge is -2.22. The molecule has 1 saturated heterocycles. The van der Waals surface area contributed by atoms with E-state index in [-0.39, 0.29) is 24.2 Å². The van der Waals surface area contributed by atoms with Crippen LogP contribution in [0.4, 0.5) is 4.39 Å². The molecule has 1 aliphatic heterocycles. The van der Waals surface area contributed by atoms with Gasteiger partial charge in [-0.05, 0) is 37.0 Å². The van der Waals surface area contributed by atoms with Crippen molar-refractivity contribution in [2.45, 2.75) is 38.6 Å². The van der Waals surface area contributed by atoms with Gasteiger partial charge in [-0.2, -0.15) is 0 Å². The highest BCUT2D eigenvalue weighted by atomic mass is 19.1. The Morgan fingerprint density at radius 3 is 3.05 bits per heavy atom. The Kier molecular flexibility index (Phi) is 4.22. The molecule has 2 heterocycles. The molecule has 0 N–H and O–H groups in total. The second-order valence-corrected chi connectivity index (χ2v) is 5.63. The molecule has 5 heteroatoms. The standard InChI is InChI=1S/C17H19FN2O2/c1-2-14-11-16(22-19-14)15-7-4-8-20(15)17(21)10-12-5-3-6-13(18)9-12/h3,5-6,9,11,15H,2,4,7-8,10H2,1H3/t15-/m1/s1. The first-order valence-corrected chi connectivity index (χ1v) is 7.66. The number of hydrogen-bond acceptors (Lipinski definition) is 3. The zero-order valence-electron chi connectivity index (χ0n) is 12.6. The van der Waals surface area contributed by atoms with Crippen molar-refractivity contribution in [3.63, 3.8) is 0 Å². The molecule has 4 nitrogen and oxygen atoms in total. The molecule has 1 aromatic carbocycles. The Balaban J connectivity index is 1.73. The molecule has 22 heavy (non-hydrogen) atoms. The second kappa shape index (κ2) is 6.30. The molecule has 1 aromatic heterocycles. The number of benzene rings is 1. The van der Waals surface area contributed by atoms with Gasteiger partial charge < -0.3 is 9.42 Å². The van der Waals surface area contributed by atoms with Crippen LogP contribution >= 0.6 is 0 Å². The van der Waals surface area contributed by atoms with Gasteiger partial charge in [0.05, 0.1) is 18.2 Å². The van der Waals surface area contributed by atoms with E-state index in [4.69, 9.17) is 4.52 Å². The maximum Gasteiger partial charge on any atom is 0.227 e. The van der Waals surface area contributed by atoms with Gasteiger partial charge in [-0.1, -0.05) is 24.2 Å². The van der Waals surface area contributed by atoms with E-state index in [2.05, 4.69) is 5.16 Å². The molecule has 1 amide bonds. The van der Waals surface area contributed by atoms with Gasteiger partial charge in [0, 0.05) is 12.6 Å². The SMILES string of the molecule is CCc1cc([C@H]2CCCN2C(=O)Cc2cccc(F)c2)on1. The summed E-state index contributed by atoms with van der Waals surface area (Å²) in [6.45, 7) is 2.73. The Morgan fingerprint density at radius 2 is 2.32 bits per heavy atom. The number of aryl methyl sites for hydroxylation is 1. The molecular formula is C17H19FN2O2. The van der Waals surface area contributed by atoms with E-state index in [1.807, 2.05) is 17.9 Å². The monoisotopic (exact) mass is 302 g/mol. The topological polar surface area (TPSA) is 46.3 Å². The first kappa shape index (κ1) is 14.8. The summed E-state index contributed by atoms with van der Waals surface area (Å²) in [4.78, 5) is 14.4. The Morgan fingerprint density at radius 1 is 1.45 bits per heavy atom. The molecule has 0 saturated carbocycles. The van der Waals surface area contributed by atoms with Gasteiger partial charge in [-0.3, -0.25) is 4.79 Å². The van der Waals surface area contributed by atoms with E-state index in [0.29, 0.717) is 12.1 Å². The summed E-state index contributed by atoms with van der Waals surface area (Å²) in [7, 11) is 0. The average molecular weight is 302 g/mol. The lowest BCUT2D eigenvalue weighted by molar-refractivity contribution is -0.131.